The summed E-state index contributed by atoms with van der Waals surface area (Å²) < 4.78 is 1.11. The van der Waals surface area contributed by atoms with Crippen LogP contribution in [0, 0.1) is 22.7 Å². The quantitative estimate of drug-likeness (QED) is 0.671. The predicted molar refractivity (Wildman–Crippen MR) is 74.5 cm³/mol. The van der Waals surface area contributed by atoms with Gasteiger partial charge in [0.15, 0.2) is 0 Å². The molecule has 0 N–H and O–H groups in total. The molecule has 0 spiro atoms. The summed E-state index contributed by atoms with van der Waals surface area (Å²) in [5.41, 5.74) is 2.61. The Labute approximate surface area is 114 Å². The third-order valence-corrected chi connectivity index (χ3v) is 3.89. The smallest absolute Gasteiger partial charge is 0.124 e. The summed E-state index contributed by atoms with van der Waals surface area (Å²) in [6, 6.07) is 17.2. The molecule has 3 rings (SSSR count). The minimum Gasteiger partial charge on any atom is -0.236 e. The molecular weight excluding hydrogens is 254 g/mol. The Morgan fingerprint density at radius 3 is 2.47 bits per heavy atom. The highest BCUT2D eigenvalue weighted by molar-refractivity contribution is 7.21. The van der Waals surface area contributed by atoms with Crippen molar-refractivity contribution in [2.24, 2.45) is 0 Å². The molecule has 0 saturated carbocycles. The molecule has 0 bridgehead atoms. The molecule has 0 atom stereocenters. The van der Waals surface area contributed by atoms with Crippen LogP contribution in [-0.2, 0) is 0 Å². The van der Waals surface area contributed by atoms with E-state index in [1.807, 2.05) is 42.5 Å². The number of hydrogen-bond donors (Lipinski definition) is 0. The third-order valence-electron chi connectivity index (χ3n) is 2.80. The van der Waals surface area contributed by atoms with E-state index in [2.05, 4.69) is 4.98 Å². The van der Waals surface area contributed by atoms with E-state index in [1.54, 1.807) is 23.5 Å². The lowest BCUT2D eigenvalue weighted by molar-refractivity contribution is 1.42. The van der Waals surface area contributed by atoms with Gasteiger partial charge in [0.2, 0.25) is 0 Å². The van der Waals surface area contributed by atoms with Crippen LogP contribution in [-0.4, -0.2) is 4.98 Å². The number of nitriles is 2. The van der Waals surface area contributed by atoms with E-state index in [9.17, 15) is 0 Å². The van der Waals surface area contributed by atoms with Gasteiger partial charge < -0.3 is 0 Å². The topological polar surface area (TPSA) is 60.5 Å². The van der Waals surface area contributed by atoms with E-state index in [1.165, 1.54) is 0 Å². The summed E-state index contributed by atoms with van der Waals surface area (Å²) in [5, 5.41) is 18.8. The standard InChI is InChI=1S/C15H7N3S/c16-8-11-6-5-10(7-12(11)9-17)15-18-13-3-1-2-4-14(13)19-15/h1-7H. The number of hydrogen-bond acceptors (Lipinski definition) is 4. The molecule has 19 heavy (non-hydrogen) atoms. The number of para-hydroxylation sites is 1. The molecular formula is C15H7N3S. The molecule has 1 aromatic heterocycles. The second-order valence-corrected chi connectivity index (χ2v) is 5.00. The molecule has 0 unspecified atom stereocenters. The third kappa shape index (κ3) is 1.95. The Morgan fingerprint density at radius 1 is 0.947 bits per heavy atom. The van der Waals surface area contributed by atoms with E-state index < -0.39 is 0 Å². The highest BCUT2D eigenvalue weighted by atomic mass is 32.1. The van der Waals surface area contributed by atoms with Crippen LogP contribution in [0.3, 0.4) is 0 Å². The van der Waals surface area contributed by atoms with Crippen molar-refractivity contribution in [1.82, 2.24) is 4.98 Å². The molecule has 0 amide bonds. The lowest BCUT2D eigenvalue weighted by atomic mass is 10.1. The van der Waals surface area contributed by atoms with Gasteiger partial charge in [-0.3, -0.25) is 0 Å². The average Bonchev–Trinajstić information content (AvgIpc) is 2.90. The molecule has 0 aliphatic rings. The van der Waals surface area contributed by atoms with E-state index in [0.717, 1.165) is 20.8 Å². The fraction of sp³-hybridized carbons (Fsp3) is 0. The van der Waals surface area contributed by atoms with Crippen molar-refractivity contribution in [1.29, 1.82) is 10.5 Å². The maximum absolute atomic E-state index is 9.04. The number of fused-ring (bicyclic) bond motifs is 1. The molecule has 0 aliphatic heterocycles. The normalized spacial score (nSPS) is 10.0. The molecule has 2 aromatic carbocycles. The summed E-state index contributed by atoms with van der Waals surface area (Å²) in [6.07, 6.45) is 0. The number of aromatic nitrogens is 1. The van der Waals surface area contributed by atoms with Crippen LogP contribution in [0.5, 0.6) is 0 Å². The Balaban J connectivity index is 2.17. The lowest BCUT2D eigenvalue weighted by Gasteiger charge is -1.98. The number of benzene rings is 2. The van der Waals surface area contributed by atoms with Gasteiger partial charge in [-0.05, 0) is 24.3 Å². The first-order valence-electron chi connectivity index (χ1n) is 5.62. The van der Waals surface area contributed by atoms with Gasteiger partial charge in [0.05, 0.1) is 21.3 Å². The van der Waals surface area contributed by atoms with Crippen LogP contribution in [0.4, 0.5) is 0 Å². The average molecular weight is 261 g/mol. The highest BCUT2D eigenvalue weighted by Gasteiger charge is 2.08. The highest BCUT2D eigenvalue weighted by Crippen LogP contribution is 2.30. The summed E-state index contributed by atoms with van der Waals surface area (Å²) in [6.45, 7) is 0. The second-order valence-electron chi connectivity index (χ2n) is 3.97. The van der Waals surface area contributed by atoms with Crippen molar-refractivity contribution < 1.29 is 0 Å². The number of thiazole rings is 1. The van der Waals surface area contributed by atoms with Gasteiger partial charge in [-0.1, -0.05) is 18.2 Å². The van der Waals surface area contributed by atoms with Crippen molar-refractivity contribution in [3.8, 4) is 22.7 Å². The molecule has 0 fully saturated rings. The SMILES string of the molecule is N#Cc1ccc(-c2nc3ccccc3s2)cc1C#N. The number of nitrogens with zero attached hydrogens (tertiary/aromatic N) is 3. The summed E-state index contributed by atoms with van der Waals surface area (Å²) in [7, 11) is 0. The maximum atomic E-state index is 9.04. The summed E-state index contributed by atoms with van der Waals surface area (Å²) in [4.78, 5) is 4.54. The minimum atomic E-state index is 0.388. The Morgan fingerprint density at radius 2 is 1.74 bits per heavy atom. The van der Waals surface area contributed by atoms with E-state index >= 15 is 0 Å². The fourth-order valence-electron chi connectivity index (χ4n) is 1.86. The van der Waals surface area contributed by atoms with Crippen LogP contribution in [0.15, 0.2) is 42.5 Å². The molecule has 3 nitrogen and oxygen atoms in total. The largest absolute Gasteiger partial charge is 0.236 e. The zero-order chi connectivity index (χ0) is 13.2. The molecule has 0 aliphatic carbocycles. The molecule has 88 valence electrons. The Bertz CT molecular complexity index is 817. The van der Waals surface area contributed by atoms with Gasteiger partial charge in [0.25, 0.3) is 0 Å². The van der Waals surface area contributed by atoms with Gasteiger partial charge in [-0.15, -0.1) is 11.3 Å². The van der Waals surface area contributed by atoms with Crippen molar-refractivity contribution in [3.05, 3.63) is 53.6 Å². The molecule has 4 heteroatoms. The summed E-state index contributed by atoms with van der Waals surface area (Å²) >= 11 is 1.58. The van der Waals surface area contributed by atoms with Crippen LogP contribution >= 0.6 is 11.3 Å². The zero-order valence-electron chi connectivity index (χ0n) is 9.79. The van der Waals surface area contributed by atoms with E-state index in [4.69, 9.17) is 10.5 Å². The minimum absolute atomic E-state index is 0.388. The van der Waals surface area contributed by atoms with Gasteiger partial charge in [-0.2, -0.15) is 10.5 Å². The fourth-order valence-corrected chi connectivity index (χ4v) is 2.82. The van der Waals surface area contributed by atoms with Crippen molar-refractivity contribution in [3.63, 3.8) is 0 Å². The van der Waals surface area contributed by atoms with Gasteiger partial charge in [0, 0.05) is 5.56 Å². The molecule has 1 heterocycles. The van der Waals surface area contributed by atoms with Gasteiger partial charge in [0.1, 0.15) is 17.1 Å². The van der Waals surface area contributed by atoms with Crippen LogP contribution in [0.25, 0.3) is 20.8 Å². The van der Waals surface area contributed by atoms with E-state index in [0.29, 0.717) is 11.1 Å². The lowest BCUT2D eigenvalue weighted by Crippen LogP contribution is -1.85. The van der Waals surface area contributed by atoms with Crippen molar-refractivity contribution >= 4 is 21.6 Å². The Kier molecular flexibility index (Phi) is 2.72. The van der Waals surface area contributed by atoms with Crippen LogP contribution in [0.2, 0.25) is 0 Å². The van der Waals surface area contributed by atoms with Crippen molar-refractivity contribution in [2.45, 2.75) is 0 Å². The summed E-state index contributed by atoms with van der Waals surface area (Å²) in [5.74, 6) is 0. The number of rotatable bonds is 1. The first-order valence-corrected chi connectivity index (χ1v) is 6.43. The molecule has 0 saturated heterocycles. The molecule has 0 radical (unpaired) electrons. The first-order chi connectivity index (χ1) is 9.31. The monoisotopic (exact) mass is 261 g/mol. The van der Waals surface area contributed by atoms with Gasteiger partial charge in [-0.25, -0.2) is 4.98 Å². The Hall–Kier alpha value is -2.69. The first kappa shape index (κ1) is 11.4. The zero-order valence-corrected chi connectivity index (χ0v) is 10.6. The molecule has 3 aromatic rings. The van der Waals surface area contributed by atoms with Gasteiger partial charge >= 0.3 is 0 Å². The van der Waals surface area contributed by atoms with Crippen LogP contribution < -0.4 is 0 Å². The second kappa shape index (κ2) is 4.53. The van der Waals surface area contributed by atoms with E-state index in [-0.39, 0.29) is 0 Å². The van der Waals surface area contributed by atoms with Crippen molar-refractivity contribution in [2.75, 3.05) is 0 Å². The van der Waals surface area contributed by atoms with Crippen LogP contribution in [0.1, 0.15) is 11.1 Å². The predicted octanol–water partition coefficient (Wildman–Crippen LogP) is 3.71. The maximum Gasteiger partial charge on any atom is 0.124 e.